The zero-order valence-corrected chi connectivity index (χ0v) is 16.8. The Bertz CT molecular complexity index is 789. The second-order valence-electron chi connectivity index (χ2n) is 7.90. The zero-order chi connectivity index (χ0) is 19.5. The van der Waals surface area contributed by atoms with Crippen LogP contribution in [0.4, 0.5) is 0 Å². The second-order valence-corrected chi connectivity index (χ2v) is 7.90. The maximum Gasteiger partial charge on any atom is 0.241 e. The number of carbonyl (C=O) groups is 1. The van der Waals surface area contributed by atoms with E-state index < -0.39 is 0 Å². The molecule has 2 aromatic rings. The van der Waals surface area contributed by atoms with E-state index in [-0.39, 0.29) is 11.9 Å². The largest absolute Gasteiger partial charge is 0.341 e. The molecule has 2 aliphatic rings. The van der Waals surface area contributed by atoms with Gasteiger partial charge in [-0.1, -0.05) is 35.0 Å². The van der Waals surface area contributed by atoms with E-state index in [4.69, 9.17) is 4.52 Å². The third-order valence-electron chi connectivity index (χ3n) is 5.87. The summed E-state index contributed by atoms with van der Waals surface area (Å²) in [5, 5.41) is 4.12. The molecule has 3 heterocycles. The third-order valence-corrected chi connectivity index (χ3v) is 5.87. The molecular formula is C21H29N5O2. The van der Waals surface area contributed by atoms with Gasteiger partial charge in [0.1, 0.15) is 0 Å². The normalized spacial score (nSPS) is 19.9. The number of likely N-dealkylation sites (tertiary alicyclic amines) is 1. The number of piperazine rings is 1. The van der Waals surface area contributed by atoms with Gasteiger partial charge in [-0.15, -0.1) is 0 Å². The van der Waals surface area contributed by atoms with E-state index in [9.17, 15) is 4.79 Å². The van der Waals surface area contributed by atoms with Gasteiger partial charge in [-0.3, -0.25) is 14.6 Å². The van der Waals surface area contributed by atoms with Crippen molar-refractivity contribution in [3.63, 3.8) is 0 Å². The molecule has 28 heavy (non-hydrogen) atoms. The quantitative estimate of drug-likeness (QED) is 0.788. The third kappa shape index (κ3) is 4.25. The van der Waals surface area contributed by atoms with Crippen LogP contribution in [0.2, 0.25) is 0 Å². The molecule has 1 unspecified atom stereocenters. The highest BCUT2D eigenvalue weighted by atomic mass is 16.5. The molecule has 2 saturated heterocycles. The van der Waals surface area contributed by atoms with E-state index in [0.29, 0.717) is 18.3 Å². The van der Waals surface area contributed by atoms with Crippen LogP contribution >= 0.6 is 0 Å². The van der Waals surface area contributed by atoms with Gasteiger partial charge >= 0.3 is 0 Å². The van der Waals surface area contributed by atoms with Crippen molar-refractivity contribution >= 4 is 5.91 Å². The summed E-state index contributed by atoms with van der Waals surface area (Å²) in [4.78, 5) is 23.8. The standard InChI is InChI=1S/C21H29N5O2/c1-16-5-7-18(8-6-16)20-22-19(28-23-20)15-24-11-13-25(14-12-24)17(2)21(27)26-9-3-4-10-26/h5-8,17H,3-4,9-15H2,1-2H3. The molecule has 2 aliphatic heterocycles. The van der Waals surface area contributed by atoms with Crippen molar-refractivity contribution in [3.8, 4) is 11.4 Å². The lowest BCUT2D eigenvalue weighted by atomic mass is 10.1. The Hall–Kier alpha value is -2.25. The minimum Gasteiger partial charge on any atom is -0.341 e. The molecule has 1 aromatic carbocycles. The molecule has 1 amide bonds. The Morgan fingerprint density at radius 1 is 1.07 bits per heavy atom. The zero-order valence-electron chi connectivity index (χ0n) is 16.8. The highest BCUT2D eigenvalue weighted by Gasteiger charge is 2.30. The van der Waals surface area contributed by atoms with Crippen LogP contribution in [0.15, 0.2) is 28.8 Å². The number of hydrogen-bond acceptors (Lipinski definition) is 6. The van der Waals surface area contributed by atoms with Gasteiger partial charge in [-0.05, 0) is 26.7 Å². The van der Waals surface area contributed by atoms with Crippen LogP contribution in [0.3, 0.4) is 0 Å². The van der Waals surface area contributed by atoms with Crippen molar-refractivity contribution in [2.75, 3.05) is 39.3 Å². The van der Waals surface area contributed by atoms with Gasteiger partial charge in [0.15, 0.2) is 0 Å². The molecule has 1 atom stereocenters. The minimum atomic E-state index is -0.0307. The molecular weight excluding hydrogens is 354 g/mol. The maximum atomic E-state index is 12.6. The average molecular weight is 383 g/mol. The fourth-order valence-electron chi connectivity index (χ4n) is 4.00. The minimum absolute atomic E-state index is 0.0307. The van der Waals surface area contributed by atoms with Crippen molar-refractivity contribution in [2.45, 2.75) is 39.3 Å². The number of rotatable bonds is 5. The van der Waals surface area contributed by atoms with Crippen molar-refractivity contribution in [1.29, 1.82) is 0 Å². The van der Waals surface area contributed by atoms with E-state index in [0.717, 1.165) is 57.7 Å². The van der Waals surface area contributed by atoms with Crippen molar-refractivity contribution < 1.29 is 9.32 Å². The first kappa shape index (κ1) is 19.1. The van der Waals surface area contributed by atoms with Crippen LogP contribution in [0, 0.1) is 6.92 Å². The Labute approximate surface area is 166 Å². The average Bonchev–Trinajstić information content (AvgIpc) is 3.40. The van der Waals surface area contributed by atoms with E-state index >= 15 is 0 Å². The summed E-state index contributed by atoms with van der Waals surface area (Å²) in [5.74, 6) is 1.56. The van der Waals surface area contributed by atoms with E-state index in [1.165, 1.54) is 5.56 Å². The summed E-state index contributed by atoms with van der Waals surface area (Å²) in [6, 6.07) is 8.10. The molecule has 150 valence electrons. The first-order chi connectivity index (χ1) is 13.6. The van der Waals surface area contributed by atoms with Gasteiger partial charge in [-0.2, -0.15) is 4.98 Å². The Morgan fingerprint density at radius 2 is 1.75 bits per heavy atom. The molecule has 1 aromatic heterocycles. The molecule has 4 rings (SSSR count). The van der Waals surface area contributed by atoms with Gasteiger partial charge < -0.3 is 9.42 Å². The Morgan fingerprint density at radius 3 is 2.43 bits per heavy atom. The van der Waals surface area contributed by atoms with Crippen LogP contribution in [0.5, 0.6) is 0 Å². The molecule has 0 N–H and O–H groups in total. The van der Waals surface area contributed by atoms with Gasteiger partial charge in [-0.25, -0.2) is 0 Å². The lowest BCUT2D eigenvalue weighted by Crippen LogP contribution is -2.54. The summed E-state index contributed by atoms with van der Waals surface area (Å²) in [7, 11) is 0. The molecule has 7 nitrogen and oxygen atoms in total. The van der Waals surface area contributed by atoms with Crippen molar-refractivity contribution in [2.24, 2.45) is 0 Å². The van der Waals surface area contributed by atoms with Gasteiger partial charge in [0.25, 0.3) is 0 Å². The fraction of sp³-hybridized carbons (Fsp3) is 0.571. The molecule has 2 fully saturated rings. The Balaban J connectivity index is 1.28. The van der Waals surface area contributed by atoms with Gasteiger partial charge in [0.05, 0.1) is 12.6 Å². The van der Waals surface area contributed by atoms with Crippen LogP contribution in [0.1, 0.15) is 31.2 Å². The molecule has 0 radical (unpaired) electrons. The summed E-state index contributed by atoms with van der Waals surface area (Å²) >= 11 is 0. The van der Waals surface area contributed by atoms with Crippen LogP contribution < -0.4 is 0 Å². The van der Waals surface area contributed by atoms with E-state index in [1.54, 1.807) is 0 Å². The fourth-order valence-corrected chi connectivity index (χ4v) is 4.00. The van der Waals surface area contributed by atoms with Gasteiger partial charge in [0, 0.05) is 44.8 Å². The lowest BCUT2D eigenvalue weighted by Gasteiger charge is -2.37. The van der Waals surface area contributed by atoms with E-state index in [2.05, 4.69) is 39.0 Å². The summed E-state index contributed by atoms with van der Waals surface area (Å²) < 4.78 is 5.45. The first-order valence-corrected chi connectivity index (χ1v) is 10.2. The molecule has 0 saturated carbocycles. The van der Waals surface area contributed by atoms with Crippen LogP contribution in [-0.2, 0) is 11.3 Å². The smallest absolute Gasteiger partial charge is 0.241 e. The maximum absolute atomic E-state index is 12.6. The number of aromatic nitrogens is 2. The number of aryl methyl sites for hydroxylation is 1. The number of benzene rings is 1. The lowest BCUT2D eigenvalue weighted by molar-refractivity contribution is -0.136. The second kappa shape index (κ2) is 8.41. The number of nitrogens with zero attached hydrogens (tertiary/aromatic N) is 5. The first-order valence-electron chi connectivity index (χ1n) is 10.2. The monoisotopic (exact) mass is 383 g/mol. The predicted molar refractivity (Wildman–Crippen MR) is 107 cm³/mol. The molecule has 0 spiro atoms. The predicted octanol–water partition coefficient (Wildman–Crippen LogP) is 2.17. The SMILES string of the molecule is Cc1ccc(-c2noc(CN3CCN(C(C)C(=O)N4CCCC4)CC3)n2)cc1. The highest BCUT2D eigenvalue weighted by molar-refractivity contribution is 5.81. The van der Waals surface area contributed by atoms with E-state index in [1.807, 2.05) is 24.0 Å². The summed E-state index contributed by atoms with van der Waals surface area (Å²) in [6.45, 7) is 10.2. The highest BCUT2D eigenvalue weighted by Crippen LogP contribution is 2.18. The van der Waals surface area contributed by atoms with Crippen LogP contribution in [-0.4, -0.2) is 76.1 Å². The Kier molecular flexibility index (Phi) is 5.73. The summed E-state index contributed by atoms with van der Waals surface area (Å²) in [6.07, 6.45) is 2.28. The summed E-state index contributed by atoms with van der Waals surface area (Å²) in [5.41, 5.74) is 2.18. The topological polar surface area (TPSA) is 65.7 Å². The van der Waals surface area contributed by atoms with Crippen LogP contribution in [0.25, 0.3) is 11.4 Å². The van der Waals surface area contributed by atoms with Gasteiger partial charge in [0.2, 0.25) is 17.6 Å². The van der Waals surface area contributed by atoms with Crippen molar-refractivity contribution in [1.82, 2.24) is 24.8 Å². The number of carbonyl (C=O) groups excluding carboxylic acids is 1. The number of hydrogen-bond donors (Lipinski definition) is 0. The number of amides is 1. The van der Waals surface area contributed by atoms with Crippen molar-refractivity contribution in [3.05, 3.63) is 35.7 Å². The molecule has 7 heteroatoms. The molecule has 0 aliphatic carbocycles. The molecule has 0 bridgehead atoms.